The maximum atomic E-state index is 11.7. The van der Waals surface area contributed by atoms with Crippen LogP contribution in [0.5, 0.6) is 0 Å². The van der Waals surface area contributed by atoms with Crippen LogP contribution in [0.2, 0.25) is 0 Å². The van der Waals surface area contributed by atoms with E-state index in [1.165, 1.54) is 77.0 Å². The number of unbranched alkanes of at least 4 members (excludes halogenated alkanes) is 2. The lowest BCUT2D eigenvalue weighted by Crippen LogP contribution is -2.36. The van der Waals surface area contributed by atoms with Crippen molar-refractivity contribution < 1.29 is 14.6 Å². The fraction of sp³-hybridized carbons (Fsp3) is 0.889. The Morgan fingerprint density at radius 1 is 0.933 bits per heavy atom. The van der Waals surface area contributed by atoms with Crippen LogP contribution < -0.4 is 0 Å². The van der Waals surface area contributed by atoms with E-state index in [1.807, 2.05) is 6.92 Å². The maximum Gasteiger partial charge on any atom is 0.333 e. The van der Waals surface area contributed by atoms with Crippen LogP contribution in [0.15, 0.2) is 12.2 Å². The molecule has 0 amide bonds. The van der Waals surface area contributed by atoms with Crippen LogP contribution in [0.4, 0.5) is 0 Å². The maximum absolute atomic E-state index is 11.7. The number of hydrogen-bond donors (Lipinski definition) is 1. The monoisotopic (exact) mass is 420 g/mol. The molecule has 0 bridgehead atoms. The van der Waals surface area contributed by atoms with Crippen LogP contribution in [0.25, 0.3) is 0 Å². The molecule has 0 spiro atoms. The molecule has 2 fully saturated rings. The minimum atomic E-state index is -0.891. The van der Waals surface area contributed by atoms with E-state index in [4.69, 9.17) is 4.74 Å². The van der Waals surface area contributed by atoms with Crippen molar-refractivity contribution in [3.05, 3.63) is 12.2 Å². The summed E-state index contributed by atoms with van der Waals surface area (Å²) in [6.45, 7) is 9.62. The second-order valence-electron chi connectivity index (χ2n) is 10.5. The summed E-state index contributed by atoms with van der Waals surface area (Å²) in [4.78, 5) is 11.7. The SMILES string of the molecule is C=C(C)C(=O)OCC(O)(CC)CCC1CCC(C2CCC(CCCCC)CC2)CC1. The number of esters is 1. The molecule has 2 aliphatic carbocycles. The van der Waals surface area contributed by atoms with Crippen LogP contribution >= 0.6 is 0 Å². The molecule has 0 radical (unpaired) electrons. The Hall–Kier alpha value is -0.830. The van der Waals surface area contributed by atoms with Crippen molar-refractivity contribution in [1.29, 1.82) is 0 Å². The summed E-state index contributed by atoms with van der Waals surface area (Å²) in [6, 6.07) is 0. The molecule has 2 rings (SSSR count). The second-order valence-corrected chi connectivity index (χ2v) is 10.5. The fourth-order valence-corrected chi connectivity index (χ4v) is 5.73. The normalized spacial score (nSPS) is 29.2. The van der Waals surface area contributed by atoms with Crippen LogP contribution in [0.3, 0.4) is 0 Å². The van der Waals surface area contributed by atoms with E-state index in [0.717, 1.165) is 36.5 Å². The van der Waals surface area contributed by atoms with Crippen molar-refractivity contribution in [2.75, 3.05) is 6.61 Å². The van der Waals surface area contributed by atoms with Gasteiger partial charge in [-0.25, -0.2) is 4.79 Å². The smallest absolute Gasteiger partial charge is 0.333 e. The fourth-order valence-electron chi connectivity index (χ4n) is 5.73. The summed E-state index contributed by atoms with van der Waals surface area (Å²) in [5.74, 6) is 3.25. The molecule has 1 unspecified atom stereocenters. The van der Waals surface area contributed by atoms with Gasteiger partial charge in [0.25, 0.3) is 0 Å². The Morgan fingerprint density at radius 3 is 1.93 bits per heavy atom. The highest BCUT2D eigenvalue weighted by molar-refractivity contribution is 5.86. The lowest BCUT2D eigenvalue weighted by atomic mass is 9.68. The van der Waals surface area contributed by atoms with Gasteiger partial charge >= 0.3 is 5.97 Å². The summed E-state index contributed by atoms with van der Waals surface area (Å²) in [5, 5.41) is 10.8. The lowest BCUT2D eigenvalue weighted by molar-refractivity contribution is -0.147. The average molecular weight is 421 g/mol. The average Bonchev–Trinajstić information content (AvgIpc) is 2.77. The summed E-state index contributed by atoms with van der Waals surface area (Å²) < 4.78 is 5.25. The molecular formula is C27H48O3. The van der Waals surface area contributed by atoms with E-state index in [9.17, 15) is 9.90 Å². The molecule has 0 saturated heterocycles. The van der Waals surface area contributed by atoms with E-state index >= 15 is 0 Å². The molecule has 0 aliphatic heterocycles. The number of ether oxygens (including phenoxy) is 1. The van der Waals surface area contributed by atoms with Crippen LogP contribution in [-0.2, 0) is 9.53 Å². The Morgan fingerprint density at radius 2 is 1.47 bits per heavy atom. The van der Waals surface area contributed by atoms with Crippen molar-refractivity contribution in [2.45, 2.75) is 123 Å². The number of hydrogen-bond acceptors (Lipinski definition) is 3. The van der Waals surface area contributed by atoms with E-state index in [2.05, 4.69) is 13.5 Å². The molecule has 1 atom stereocenters. The van der Waals surface area contributed by atoms with Crippen molar-refractivity contribution in [1.82, 2.24) is 0 Å². The van der Waals surface area contributed by atoms with Crippen molar-refractivity contribution in [3.8, 4) is 0 Å². The largest absolute Gasteiger partial charge is 0.459 e. The molecule has 0 aromatic rings. The Bertz CT molecular complexity index is 512. The van der Waals surface area contributed by atoms with E-state index in [-0.39, 0.29) is 6.61 Å². The van der Waals surface area contributed by atoms with Gasteiger partial charge in [-0.2, -0.15) is 0 Å². The number of carbonyl (C=O) groups excluding carboxylic acids is 1. The highest BCUT2D eigenvalue weighted by atomic mass is 16.5. The van der Waals surface area contributed by atoms with Gasteiger partial charge in [-0.15, -0.1) is 0 Å². The summed E-state index contributed by atoms with van der Waals surface area (Å²) >= 11 is 0. The van der Waals surface area contributed by atoms with Crippen molar-refractivity contribution >= 4 is 5.97 Å². The molecule has 3 heteroatoms. The first-order chi connectivity index (χ1) is 14.4. The summed E-state index contributed by atoms with van der Waals surface area (Å²) in [6.07, 6.45) is 19.3. The van der Waals surface area contributed by atoms with Gasteiger partial charge in [-0.05, 0) is 75.5 Å². The zero-order chi connectivity index (χ0) is 22.0. The van der Waals surface area contributed by atoms with Gasteiger partial charge in [-0.3, -0.25) is 0 Å². The highest BCUT2D eigenvalue weighted by Crippen LogP contribution is 2.43. The molecule has 0 heterocycles. The molecule has 30 heavy (non-hydrogen) atoms. The minimum absolute atomic E-state index is 0.0893. The number of carbonyl (C=O) groups is 1. The van der Waals surface area contributed by atoms with E-state index in [1.54, 1.807) is 6.92 Å². The molecular weight excluding hydrogens is 372 g/mol. The Balaban J connectivity index is 1.65. The van der Waals surface area contributed by atoms with Crippen molar-refractivity contribution in [3.63, 3.8) is 0 Å². The summed E-state index contributed by atoms with van der Waals surface area (Å²) in [7, 11) is 0. The Kier molecular flexibility index (Phi) is 10.9. The topological polar surface area (TPSA) is 46.5 Å². The van der Waals surface area contributed by atoms with E-state index < -0.39 is 11.6 Å². The minimum Gasteiger partial charge on any atom is -0.459 e. The van der Waals surface area contributed by atoms with Crippen molar-refractivity contribution in [2.24, 2.45) is 23.7 Å². The quantitative estimate of drug-likeness (QED) is 0.206. The van der Waals surface area contributed by atoms with E-state index in [0.29, 0.717) is 12.0 Å². The first-order valence-corrected chi connectivity index (χ1v) is 12.9. The molecule has 0 aromatic heterocycles. The van der Waals surface area contributed by atoms with Crippen LogP contribution in [0, 0.1) is 23.7 Å². The van der Waals surface area contributed by atoms with Crippen LogP contribution in [-0.4, -0.2) is 23.3 Å². The number of rotatable bonds is 12. The first kappa shape index (κ1) is 25.4. The third-order valence-corrected chi connectivity index (χ3v) is 8.16. The van der Waals surface area contributed by atoms with Gasteiger partial charge in [0, 0.05) is 5.57 Å². The molecule has 1 N–H and O–H groups in total. The molecule has 0 aromatic carbocycles. The summed E-state index contributed by atoms with van der Waals surface area (Å²) in [5.41, 5.74) is -0.500. The predicted octanol–water partition coefficient (Wildman–Crippen LogP) is 7.22. The zero-order valence-electron chi connectivity index (χ0n) is 20.1. The zero-order valence-corrected chi connectivity index (χ0v) is 20.1. The van der Waals surface area contributed by atoms with Gasteiger partial charge in [-0.1, -0.05) is 71.8 Å². The van der Waals surface area contributed by atoms with Gasteiger partial charge in [0.2, 0.25) is 0 Å². The highest BCUT2D eigenvalue weighted by Gasteiger charge is 2.33. The molecule has 174 valence electrons. The molecule has 3 nitrogen and oxygen atoms in total. The van der Waals surface area contributed by atoms with Gasteiger partial charge in [0.15, 0.2) is 0 Å². The van der Waals surface area contributed by atoms with Gasteiger partial charge in [0.1, 0.15) is 6.61 Å². The second kappa shape index (κ2) is 12.9. The molecule has 2 saturated carbocycles. The Labute approximate surface area is 186 Å². The van der Waals surface area contributed by atoms with Gasteiger partial charge in [0.05, 0.1) is 5.60 Å². The van der Waals surface area contributed by atoms with Gasteiger partial charge < -0.3 is 9.84 Å². The third kappa shape index (κ3) is 8.36. The first-order valence-electron chi connectivity index (χ1n) is 12.9. The molecule has 2 aliphatic rings. The lowest BCUT2D eigenvalue weighted by Gasteiger charge is -2.38. The predicted molar refractivity (Wildman–Crippen MR) is 125 cm³/mol. The van der Waals surface area contributed by atoms with Crippen LogP contribution in [0.1, 0.15) is 117 Å². The standard InChI is InChI=1S/C27H48O3/c1-5-7-8-9-22-10-14-24(15-11-22)25-16-12-23(13-17-25)18-19-27(29,6-2)20-30-26(28)21(3)4/h22-25,29H,3,5-20H2,1-2,4H3. The number of aliphatic hydroxyl groups is 1. The third-order valence-electron chi connectivity index (χ3n) is 8.16.